The fraction of sp³-hybridized carbons (Fsp3) is 1.00. The lowest BCUT2D eigenvalue weighted by atomic mass is 9.86. The van der Waals surface area contributed by atoms with E-state index in [9.17, 15) is 8.42 Å². The minimum atomic E-state index is -3.35. The van der Waals surface area contributed by atoms with Gasteiger partial charge >= 0.3 is 0 Å². The molecule has 0 aromatic carbocycles. The molecule has 90 valence electrons. The highest BCUT2D eigenvalue weighted by Crippen LogP contribution is 2.26. The van der Waals surface area contributed by atoms with Crippen molar-refractivity contribution in [1.82, 2.24) is 0 Å². The zero-order chi connectivity index (χ0) is 12.1. The number of unbranched alkanes of at least 4 members (excludes halogenated alkanes) is 1. The van der Waals surface area contributed by atoms with E-state index in [1.54, 1.807) is 0 Å². The van der Waals surface area contributed by atoms with Gasteiger partial charge in [-0.1, -0.05) is 31.2 Å². The highest BCUT2D eigenvalue weighted by Gasteiger charge is 2.25. The Kier molecular flexibility index (Phi) is 5.42. The minimum absolute atomic E-state index is 0.336. The molecule has 5 heteroatoms. The van der Waals surface area contributed by atoms with Crippen molar-refractivity contribution in [2.75, 3.05) is 6.26 Å². The van der Waals surface area contributed by atoms with E-state index in [0.717, 1.165) is 25.5 Å². The van der Waals surface area contributed by atoms with E-state index in [-0.39, 0.29) is 0 Å². The quantitative estimate of drug-likeness (QED) is 0.663. The highest BCUT2D eigenvalue weighted by atomic mass is 32.2. The molecule has 0 aromatic rings. The van der Waals surface area contributed by atoms with Crippen molar-refractivity contribution in [2.24, 2.45) is 15.6 Å². The normalized spacial score (nSPS) is 15.8. The topological polar surface area (TPSA) is 58.9 Å². The van der Waals surface area contributed by atoms with Crippen LogP contribution < -0.4 is 0 Å². The average Bonchev–Trinajstić information content (AvgIpc) is 2.10. The second-order valence-electron chi connectivity index (χ2n) is 4.61. The van der Waals surface area contributed by atoms with Gasteiger partial charge in [-0.05, 0) is 26.2 Å². The molecule has 0 spiro atoms. The highest BCUT2D eigenvalue weighted by molar-refractivity contribution is 7.89. The van der Waals surface area contributed by atoms with Crippen LogP contribution in [0.25, 0.3) is 0 Å². The lowest BCUT2D eigenvalue weighted by molar-refractivity contribution is 0.311. The van der Waals surface area contributed by atoms with Gasteiger partial charge in [0.25, 0.3) is 10.0 Å². The van der Waals surface area contributed by atoms with Crippen LogP contribution in [-0.4, -0.2) is 20.2 Å². The predicted octanol–water partition coefficient (Wildman–Crippen LogP) is 3.00. The molecule has 0 bridgehead atoms. The third-order valence-electron chi connectivity index (χ3n) is 2.64. The van der Waals surface area contributed by atoms with E-state index >= 15 is 0 Å². The molecule has 15 heavy (non-hydrogen) atoms. The summed E-state index contributed by atoms with van der Waals surface area (Å²) in [5.41, 5.74) is -0.405. The van der Waals surface area contributed by atoms with Gasteiger partial charge in [-0.15, -0.1) is 0 Å². The Hall–Kier alpha value is -0.450. The first-order valence-corrected chi connectivity index (χ1v) is 7.18. The predicted molar refractivity (Wildman–Crippen MR) is 62.5 cm³/mol. The molecular weight excluding hydrogens is 212 g/mol. The van der Waals surface area contributed by atoms with E-state index in [4.69, 9.17) is 0 Å². The first-order valence-electron chi connectivity index (χ1n) is 5.33. The van der Waals surface area contributed by atoms with Crippen molar-refractivity contribution >= 4 is 10.0 Å². The van der Waals surface area contributed by atoms with E-state index in [1.807, 2.05) is 13.8 Å². The van der Waals surface area contributed by atoms with E-state index in [1.165, 1.54) is 0 Å². The summed E-state index contributed by atoms with van der Waals surface area (Å²) in [5, 5.41) is 3.92. The zero-order valence-electron chi connectivity index (χ0n) is 10.3. The fourth-order valence-electron chi connectivity index (χ4n) is 1.14. The smallest absolute Gasteiger partial charge is 0.203 e. The van der Waals surface area contributed by atoms with Gasteiger partial charge in [0.05, 0.1) is 11.8 Å². The molecule has 0 aliphatic carbocycles. The molecule has 1 unspecified atom stereocenters. The number of hydrogen-bond donors (Lipinski definition) is 0. The summed E-state index contributed by atoms with van der Waals surface area (Å²) < 4.78 is 25.1. The van der Waals surface area contributed by atoms with Crippen molar-refractivity contribution in [2.45, 2.75) is 52.5 Å². The summed E-state index contributed by atoms with van der Waals surface area (Å²) in [7, 11) is -3.35. The lowest BCUT2D eigenvalue weighted by Gasteiger charge is -2.25. The average molecular weight is 234 g/mol. The second-order valence-corrected chi connectivity index (χ2v) is 6.24. The molecule has 0 amide bonds. The first kappa shape index (κ1) is 14.6. The number of rotatable bonds is 6. The molecule has 0 saturated carbocycles. The summed E-state index contributed by atoms with van der Waals surface area (Å²) in [4.78, 5) is 0. The van der Waals surface area contributed by atoms with Gasteiger partial charge in [0.15, 0.2) is 0 Å². The van der Waals surface area contributed by atoms with Gasteiger partial charge in [-0.25, -0.2) is 8.42 Å². The van der Waals surface area contributed by atoms with Gasteiger partial charge in [0, 0.05) is 0 Å². The molecule has 0 fully saturated rings. The maximum Gasteiger partial charge on any atom is 0.267 e. The van der Waals surface area contributed by atoms with Crippen LogP contribution in [0.1, 0.15) is 47.0 Å². The number of sulfonamides is 1. The van der Waals surface area contributed by atoms with E-state index < -0.39 is 15.6 Å². The second kappa shape index (κ2) is 5.58. The lowest BCUT2D eigenvalue weighted by Crippen LogP contribution is -2.26. The molecule has 0 N–H and O–H groups in total. The first-order chi connectivity index (χ1) is 6.69. The Morgan fingerprint density at radius 1 is 1.33 bits per heavy atom. The van der Waals surface area contributed by atoms with Crippen LogP contribution in [-0.2, 0) is 10.0 Å². The molecule has 0 aliphatic heterocycles. The van der Waals surface area contributed by atoms with Gasteiger partial charge < -0.3 is 0 Å². The Balaban J connectivity index is 4.47. The zero-order valence-corrected chi connectivity index (χ0v) is 11.1. The SMILES string of the molecule is CCCCC(C)C(C)(C)N=NS(C)(=O)=O. The van der Waals surface area contributed by atoms with Crippen molar-refractivity contribution in [3.63, 3.8) is 0 Å². The van der Waals surface area contributed by atoms with Crippen LogP contribution in [0.3, 0.4) is 0 Å². The standard InChI is InChI=1S/C10H22N2O2S/c1-6-7-8-9(2)10(3,4)11-12-15(5,13)14/h9H,6-8H2,1-5H3. The molecule has 0 saturated heterocycles. The molecule has 0 aromatic heterocycles. The van der Waals surface area contributed by atoms with Crippen LogP contribution in [0.5, 0.6) is 0 Å². The van der Waals surface area contributed by atoms with Crippen LogP contribution in [0.4, 0.5) is 0 Å². The third-order valence-corrected chi connectivity index (χ3v) is 3.02. The Labute approximate surface area is 93.2 Å². The van der Waals surface area contributed by atoms with E-state index in [0.29, 0.717) is 5.92 Å². The van der Waals surface area contributed by atoms with Crippen LogP contribution >= 0.6 is 0 Å². The monoisotopic (exact) mass is 234 g/mol. The fourth-order valence-corrected chi connectivity index (χ4v) is 1.50. The summed E-state index contributed by atoms with van der Waals surface area (Å²) in [6, 6.07) is 0. The summed E-state index contributed by atoms with van der Waals surface area (Å²) in [6.07, 6.45) is 4.39. The van der Waals surface area contributed by atoms with Crippen LogP contribution in [0.2, 0.25) is 0 Å². The molecular formula is C10H22N2O2S. The van der Waals surface area contributed by atoms with Gasteiger partial charge in [-0.3, -0.25) is 0 Å². The van der Waals surface area contributed by atoms with E-state index in [2.05, 4.69) is 23.5 Å². The van der Waals surface area contributed by atoms with Crippen molar-refractivity contribution in [1.29, 1.82) is 0 Å². The van der Waals surface area contributed by atoms with Crippen LogP contribution in [0.15, 0.2) is 9.63 Å². The molecule has 1 atom stereocenters. The molecule has 4 nitrogen and oxygen atoms in total. The van der Waals surface area contributed by atoms with Crippen LogP contribution in [0, 0.1) is 5.92 Å². The van der Waals surface area contributed by atoms with Crippen molar-refractivity contribution in [3.05, 3.63) is 0 Å². The largest absolute Gasteiger partial charge is 0.267 e. The number of nitrogens with zero attached hydrogens (tertiary/aromatic N) is 2. The summed E-state index contributed by atoms with van der Waals surface area (Å²) in [5.74, 6) is 0.336. The van der Waals surface area contributed by atoms with Crippen molar-refractivity contribution in [3.8, 4) is 0 Å². The molecule has 0 radical (unpaired) electrons. The van der Waals surface area contributed by atoms with Gasteiger partial charge in [0.2, 0.25) is 0 Å². The summed E-state index contributed by atoms with van der Waals surface area (Å²) >= 11 is 0. The molecule has 0 aliphatic rings. The molecule has 0 heterocycles. The Bertz CT molecular complexity index is 307. The van der Waals surface area contributed by atoms with Crippen molar-refractivity contribution < 1.29 is 8.42 Å². The van der Waals surface area contributed by atoms with Gasteiger partial charge in [-0.2, -0.15) is 5.11 Å². The number of hydrogen-bond acceptors (Lipinski definition) is 3. The summed E-state index contributed by atoms with van der Waals surface area (Å²) in [6.45, 7) is 8.05. The van der Waals surface area contributed by atoms with Gasteiger partial charge in [0.1, 0.15) is 0 Å². The maximum absolute atomic E-state index is 10.9. The third kappa shape index (κ3) is 6.60. The molecule has 0 rings (SSSR count). The minimum Gasteiger partial charge on any atom is -0.203 e. The Morgan fingerprint density at radius 3 is 2.27 bits per heavy atom. The maximum atomic E-state index is 10.9. The Morgan fingerprint density at radius 2 is 1.87 bits per heavy atom.